The second-order valence-electron chi connectivity index (χ2n) is 7.57. The Morgan fingerprint density at radius 2 is 1.84 bits per heavy atom. The zero-order valence-electron chi connectivity index (χ0n) is 17.6. The number of morpholine rings is 1. The standard InChI is InChI=1S/C23H27N3O4S/c1-18-7-5-8-19(17-18)21-25-23(31(27,28)20-9-3-2-4-10-20)22(30-21)24-11-6-12-26-13-15-29-16-14-26/h2-5,7-10,17,24H,6,11-16H2,1H3. The molecule has 1 aliphatic rings. The number of aryl methyl sites for hydroxylation is 1. The normalized spacial score (nSPS) is 15.1. The zero-order valence-corrected chi connectivity index (χ0v) is 18.4. The highest BCUT2D eigenvalue weighted by Crippen LogP contribution is 2.32. The maximum Gasteiger partial charge on any atom is 0.233 e. The van der Waals surface area contributed by atoms with Crippen LogP contribution in [-0.2, 0) is 14.6 Å². The van der Waals surface area contributed by atoms with Gasteiger partial charge in [-0.3, -0.25) is 4.90 Å². The van der Waals surface area contributed by atoms with E-state index in [0.29, 0.717) is 6.54 Å². The van der Waals surface area contributed by atoms with Gasteiger partial charge in [-0.1, -0.05) is 35.9 Å². The van der Waals surface area contributed by atoms with Crippen LogP contribution in [0.4, 0.5) is 5.88 Å². The second-order valence-corrected chi connectivity index (χ2v) is 9.44. The van der Waals surface area contributed by atoms with E-state index in [1.807, 2.05) is 31.2 Å². The highest BCUT2D eigenvalue weighted by molar-refractivity contribution is 7.91. The lowest BCUT2D eigenvalue weighted by molar-refractivity contribution is 0.0378. The average Bonchev–Trinajstić information content (AvgIpc) is 3.23. The Labute approximate surface area is 183 Å². The van der Waals surface area contributed by atoms with Crippen LogP contribution in [0, 0.1) is 6.92 Å². The van der Waals surface area contributed by atoms with Crippen molar-refractivity contribution < 1.29 is 17.6 Å². The first-order valence-corrected chi connectivity index (χ1v) is 11.9. The van der Waals surface area contributed by atoms with Gasteiger partial charge in [-0.2, -0.15) is 4.98 Å². The first kappa shape index (κ1) is 21.5. The number of rotatable bonds is 8. The van der Waals surface area contributed by atoms with Gasteiger partial charge in [0.15, 0.2) is 0 Å². The molecule has 2 heterocycles. The molecule has 0 unspecified atom stereocenters. The summed E-state index contributed by atoms with van der Waals surface area (Å²) in [5.41, 5.74) is 1.79. The fourth-order valence-corrected chi connectivity index (χ4v) is 4.84. The number of hydrogen-bond donors (Lipinski definition) is 1. The highest BCUT2D eigenvalue weighted by atomic mass is 32.2. The van der Waals surface area contributed by atoms with E-state index in [0.717, 1.165) is 50.4 Å². The molecule has 8 heteroatoms. The van der Waals surface area contributed by atoms with Crippen LogP contribution in [0.15, 0.2) is 68.9 Å². The molecule has 1 aromatic heterocycles. The molecule has 0 amide bonds. The van der Waals surface area contributed by atoms with Crippen LogP contribution >= 0.6 is 0 Å². The minimum Gasteiger partial charge on any atom is -0.419 e. The molecule has 0 bridgehead atoms. The van der Waals surface area contributed by atoms with E-state index in [2.05, 4.69) is 15.2 Å². The summed E-state index contributed by atoms with van der Waals surface area (Å²) in [6.07, 6.45) is 0.852. The molecule has 1 saturated heterocycles. The molecule has 1 aliphatic heterocycles. The summed E-state index contributed by atoms with van der Waals surface area (Å²) in [7, 11) is -3.82. The number of hydrogen-bond acceptors (Lipinski definition) is 7. The summed E-state index contributed by atoms with van der Waals surface area (Å²) >= 11 is 0. The Kier molecular flexibility index (Phi) is 6.70. The number of sulfone groups is 1. The average molecular weight is 442 g/mol. The number of ether oxygens (including phenoxy) is 1. The largest absolute Gasteiger partial charge is 0.419 e. The molecular formula is C23H27N3O4S. The maximum absolute atomic E-state index is 13.3. The fourth-order valence-electron chi connectivity index (χ4n) is 3.54. The summed E-state index contributed by atoms with van der Waals surface area (Å²) in [6.45, 7) is 6.83. The first-order valence-electron chi connectivity index (χ1n) is 10.5. The molecule has 3 aromatic rings. The molecule has 7 nitrogen and oxygen atoms in total. The number of benzene rings is 2. The molecule has 164 valence electrons. The smallest absolute Gasteiger partial charge is 0.233 e. The molecule has 0 aliphatic carbocycles. The van der Waals surface area contributed by atoms with Crippen molar-refractivity contribution in [1.29, 1.82) is 0 Å². The summed E-state index contributed by atoms with van der Waals surface area (Å²) in [5.74, 6) is 0.469. The van der Waals surface area contributed by atoms with Gasteiger partial charge in [0.1, 0.15) is 0 Å². The number of anilines is 1. The van der Waals surface area contributed by atoms with Crippen molar-refractivity contribution in [2.75, 3.05) is 44.7 Å². The van der Waals surface area contributed by atoms with Gasteiger partial charge in [0.05, 0.1) is 18.1 Å². The van der Waals surface area contributed by atoms with Gasteiger partial charge in [-0.25, -0.2) is 8.42 Å². The third-order valence-electron chi connectivity index (χ3n) is 5.21. The molecular weight excluding hydrogens is 414 g/mol. The Balaban J connectivity index is 1.57. The van der Waals surface area contributed by atoms with E-state index < -0.39 is 9.84 Å². The minimum atomic E-state index is -3.82. The van der Waals surface area contributed by atoms with Gasteiger partial charge in [0.2, 0.25) is 26.6 Å². The van der Waals surface area contributed by atoms with Crippen LogP contribution in [0.25, 0.3) is 11.5 Å². The van der Waals surface area contributed by atoms with Gasteiger partial charge in [0.25, 0.3) is 0 Å². The van der Waals surface area contributed by atoms with Crippen molar-refractivity contribution in [2.24, 2.45) is 0 Å². The van der Waals surface area contributed by atoms with Crippen LogP contribution in [0.5, 0.6) is 0 Å². The lowest BCUT2D eigenvalue weighted by Crippen LogP contribution is -2.37. The summed E-state index contributed by atoms with van der Waals surface area (Å²) in [6, 6.07) is 16.0. The van der Waals surface area contributed by atoms with Crippen LogP contribution < -0.4 is 5.32 Å². The maximum atomic E-state index is 13.3. The van der Waals surface area contributed by atoms with E-state index in [9.17, 15) is 8.42 Å². The van der Waals surface area contributed by atoms with Crippen molar-refractivity contribution in [3.63, 3.8) is 0 Å². The lowest BCUT2D eigenvalue weighted by atomic mass is 10.1. The molecule has 1 fully saturated rings. The molecule has 31 heavy (non-hydrogen) atoms. The Morgan fingerprint density at radius 1 is 1.06 bits per heavy atom. The molecule has 0 atom stereocenters. The highest BCUT2D eigenvalue weighted by Gasteiger charge is 2.28. The number of nitrogens with zero attached hydrogens (tertiary/aromatic N) is 2. The molecule has 2 aromatic carbocycles. The Morgan fingerprint density at radius 3 is 2.58 bits per heavy atom. The fraction of sp³-hybridized carbons (Fsp3) is 0.348. The minimum absolute atomic E-state index is 0.0819. The van der Waals surface area contributed by atoms with Crippen LogP contribution in [0.1, 0.15) is 12.0 Å². The quantitative estimate of drug-likeness (QED) is 0.535. The van der Waals surface area contributed by atoms with Crippen molar-refractivity contribution in [3.8, 4) is 11.5 Å². The predicted molar refractivity (Wildman–Crippen MR) is 119 cm³/mol. The zero-order chi connectivity index (χ0) is 21.7. The van der Waals surface area contributed by atoms with E-state index in [4.69, 9.17) is 9.15 Å². The molecule has 0 saturated carbocycles. The summed E-state index contributed by atoms with van der Waals surface area (Å²) in [5, 5.41) is 3.09. The third kappa shape index (κ3) is 5.15. The Hall–Kier alpha value is -2.68. The molecule has 0 radical (unpaired) electrons. The summed E-state index contributed by atoms with van der Waals surface area (Å²) < 4.78 is 37.8. The summed E-state index contributed by atoms with van der Waals surface area (Å²) in [4.78, 5) is 6.92. The van der Waals surface area contributed by atoms with E-state index >= 15 is 0 Å². The van der Waals surface area contributed by atoms with Gasteiger partial charge in [0, 0.05) is 25.2 Å². The Bertz CT molecular complexity index is 1110. The topological polar surface area (TPSA) is 84.7 Å². The van der Waals surface area contributed by atoms with Gasteiger partial charge < -0.3 is 14.5 Å². The van der Waals surface area contributed by atoms with E-state index in [-0.39, 0.29) is 21.7 Å². The molecule has 4 rings (SSSR count). The van der Waals surface area contributed by atoms with Crippen LogP contribution in [0.3, 0.4) is 0 Å². The van der Waals surface area contributed by atoms with Crippen molar-refractivity contribution >= 4 is 15.7 Å². The number of aromatic nitrogens is 1. The molecule has 0 spiro atoms. The lowest BCUT2D eigenvalue weighted by Gasteiger charge is -2.26. The van der Waals surface area contributed by atoms with Crippen molar-refractivity contribution in [3.05, 3.63) is 60.2 Å². The van der Waals surface area contributed by atoms with Crippen molar-refractivity contribution in [1.82, 2.24) is 9.88 Å². The monoisotopic (exact) mass is 441 g/mol. The molecule has 1 N–H and O–H groups in total. The van der Waals surface area contributed by atoms with Crippen LogP contribution in [-0.4, -0.2) is 57.7 Å². The van der Waals surface area contributed by atoms with Gasteiger partial charge in [-0.05, 0) is 44.2 Å². The van der Waals surface area contributed by atoms with Gasteiger partial charge >= 0.3 is 0 Å². The van der Waals surface area contributed by atoms with E-state index in [1.54, 1.807) is 30.3 Å². The third-order valence-corrected chi connectivity index (χ3v) is 6.89. The van der Waals surface area contributed by atoms with Crippen LogP contribution in [0.2, 0.25) is 0 Å². The van der Waals surface area contributed by atoms with Gasteiger partial charge in [-0.15, -0.1) is 0 Å². The SMILES string of the molecule is Cc1cccc(-c2nc(S(=O)(=O)c3ccccc3)c(NCCCN3CCOCC3)o2)c1. The van der Waals surface area contributed by atoms with E-state index in [1.165, 1.54) is 0 Å². The number of nitrogens with one attached hydrogen (secondary N) is 1. The first-order chi connectivity index (χ1) is 15.0. The number of oxazole rings is 1. The van der Waals surface area contributed by atoms with Crippen molar-refractivity contribution in [2.45, 2.75) is 23.3 Å². The second kappa shape index (κ2) is 9.64. The predicted octanol–water partition coefficient (Wildman–Crippen LogP) is 3.62.